The van der Waals surface area contributed by atoms with Crippen LogP contribution in [-0.4, -0.2) is 11.0 Å². The Morgan fingerprint density at radius 1 is 1.13 bits per heavy atom. The highest BCUT2D eigenvalue weighted by molar-refractivity contribution is 14.1. The van der Waals surface area contributed by atoms with Gasteiger partial charge in [0.15, 0.2) is 0 Å². The monoisotopic (exact) mass is 574 g/mol. The van der Waals surface area contributed by atoms with Crippen LogP contribution in [0.3, 0.4) is 0 Å². The van der Waals surface area contributed by atoms with Gasteiger partial charge in [-0.2, -0.15) is 5.26 Å². The molecule has 0 bridgehead atoms. The third kappa shape index (κ3) is 6.08. The van der Waals surface area contributed by atoms with Crippen molar-refractivity contribution in [3.05, 3.63) is 91.5 Å². The maximum Gasteiger partial charge on any atom is 0.266 e. The standard InChI is InChI=1S/C23H16BrIN2O3/c24-18-3-10-22(30-14-15-1-4-19(25)5-2-15)16(12-18)11-17(13-26)23(29)27-20-6-8-21(28)9-7-20/h1-12,28H,14H2,(H,27,29)/b17-11+. The van der Waals surface area contributed by atoms with Gasteiger partial charge in [0.1, 0.15) is 29.7 Å². The van der Waals surface area contributed by atoms with E-state index in [2.05, 4.69) is 43.8 Å². The number of carbonyl (C=O) groups excluding carboxylic acids is 1. The first-order chi connectivity index (χ1) is 14.4. The van der Waals surface area contributed by atoms with Crippen LogP contribution in [-0.2, 0) is 11.4 Å². The number of rotatable bonds is 6. The number of aromatic hydroxyl groups is 1. The molecule has 0 unspecified atom stereocenters. The minimum atomic E-state index is -0.549. The van der Waals surface area contributed by atoms with Crippen LogP contribution in [0.25, 0.3) is 6.08 Å². The fourth-order valence-electron chi connectivity index (χ4n) is 2.55. The number of phenols is 1. The SMILES string of the molecule is N#C/C(=C\c1cc(Br)ccc1OCc1ccc(I)cc1)C(=O)Nc1ccc(O)cc1. The maximum atomic E-state index is 12.5. The van der Waals surface area contributed by atoms with Gasteiger partial charge >= 0.3 is 0 Å². The van der Waals surface area contributed by atoms with E-state index in [1.807, 2.05) is 36.4 Å². The second-order valence-electron chi connectivity index (χ2n) is 6.27. The van der Waals surface area contributed by atoms with Crippen LogP contribution < -0.4 is 10.1 Å². The molecule has 3 aromatic carbocycles. The lowest BCUT2D eigenvalue weighted by Gasteiger charge is -2.11. The normalized spacial score (nSPS) is 10.9. The van der Waals surface area contributed by atoms with E-state index in [0.29, 0.717) is 23.6 Å². The van der Waals surface area contributed by atoms with Crippen molar-refractivity contribution in [1.82, 2.24) is 0 Å². The third-order valence-electron chi connectivity index (χ3n) is 4.07. The molecule has 0 spiro atoms. The van der Waals surface area contributed by atoms with Gasteiger partial charge < -0.3 is 15.2 Å². The van der Waals surface area contributed by atoms with Gasteiger partial charge in [0.25, 0.3) is 5.91 Å². The molecule has 0 fully saturated rings. The van der Waals surface area contributed by atoms with Crippen LogP contribution in [0.5, 0.6) is 11.5 Å². The molecule has 150 valence electrons. The smallest absolute Gasteiger partial charge is 0.266 e. The summed E-state index contributed by atoms with van der Waals surface area (Å²) in [5.41, 5.74) is 2.02. The highest BCUT2D eigenvalue weighted by Crippen LogP contribution is 2.27. The molecular formula is C23H16BrIN2O3. The van der Waals surface area contributed by atoms with Gasteiger partial charge in [-0.25, -0.2) is 0 Å². The van der Waals surface area contributed by atoms with E-state index in [1.54, 1.807) is 24.3 Å². The number of nitrogens with zero attached hydrogens (tertiary/aromatic N) is 1. The number of phenolic OH excluding ortho intramolecular Hbond substituents is 1. The van der Waals surface area contributed by atoms with E-state index < -0.39 is 5.91 Å². The number of carbonyl (C=O) groups is 1. The van der Waals surface area contributed by atoms with Crippen LogP contribution in [0.2, 0.25) is 0 Å². The second-order valence-corrected chi connectivity index (χ2v) is 8.43. The summed E-state index contributed by atoms with van der Waals surface area (Å²) < 4.78 is 7.88. The summed E-state index contributed by atoms with van der Waals surface area (Å²) in [7, 11) is 0. The molecule has 5 nitrogen and oxygen atoms in total. The van der Waals surface area contributed by atoms with Gasteiger partial charge in [0, 0.05) is 19.3 Å². The summed E-state index contributed by atoms with van der Waals surface area (Å²) >= 11 is 5.66. The van der Waals surface area contributed by atoms with E-state index in [9.17, 15) is 15.2 Å². The summed E-state index contributed by atoms with van der Waals surface area (Å²) in [4.78, 5) is 12.5. The van der Waals surface area contributed by atoms with Crippen molar-refractivity contribution in [2.45, 2.75) is 6.61 Å². The van der Waals surface area contributed by atoms with Crippen LogP contribution in [0.15, 0.2) is 76.8 Å². The first kappa shape index (κ1) is 21.9. The first-order valence-corrected chi connectivity index (χ1v) is 10.7. The van der Waals surface area contributed by atoms with Gasteiger partial charge in [0.05, 0.1) is 0 Å². The van der Waals surface area contributed by atoms with Crippen molar-refractivity contribution in [2.75, 3.05) is 5.32 Å². The van der Waals surface area contributed by atoms with Gasteiger partial charge in [0.2, 0.25) is 0 Å². The average Bonchev–Trinajstić information content (AvgIpc) is 2.74. The van der Waals surface area contributed by atoms with E-state index in [0.717, 1.165) is 13.6 Å². The van der Waals surface area contributed by atoms with E-state index in [4.69, 9.17) is 4.74 Å². The number of ether oxygens (including phenoxy) is 1. The molecule has 7 heteroatoms. The fourth-order valence-corrected chi connectivity index (χ4v) is 3.29. The van der Waals surface area contributed by atoms with Gasteiger partial charge in [-0.15, -0.1) is 0 Å². The van der Waals surface area contributed by atoms with Gasteiger partial charge in [-0.3, -0.25) is 4.79 Å². The minimum absolute atomic E-state index is 0.0692. The molecule has 30 heavy (non-hydrogen) atoms. The Hall–Kier alpha value is -2.83. The summed E-state index contributed by atoms with van der Waals surface area (Å²) in [6.07, 6.45) is 1.49. The Morgan fingerprint density at radius 3 is 2.50 bits per heavy atom. The molecule has 3 aromatic rings. The van der Waals surface area contributed by atoms with E-state index >= 15 is 0 Å². The number of nitrogens with one attached hydrogen (secondary N) is 1. The number of halogens is 2. The number of benzene rings is 3. The van der Waals surface area contributed by atoms with E-state index in [1.165, 1.54) is 18.2 Å². The molecule has 3 rings (SSSR count). The fraction of sp³-hybridized carbons (Fsp3) is 0.0435. The van der Waals surface area contributed by atoms with Crippen molar-refractivity contribution < 1.29 is 14.6 Å². The number of hydrogen-bond acceptors (Lipinski definition) is 4. The van der Waals surface area contributed by atoms with Crippen molar-refractivity contribution in [1.29, 1.82) is 5.26 Å². The lowest BCUT2D eigenvalue weighted by molar-refractivity contribution is -0.112. The Balaban J connectivity index is 1.81. The summed E-state index contributed by atoms with van der Waals surface area (Å²) in [5, 5.41) is 21.5. The highest BCUT2D eigenvalue weighted by atomic mass is 127. The Labute approximate surface area is 196 Å². The van der Waals surface area contributed by atoms with Crippen molar-refractivity contribution in [3.63, 3.8) is 0 Å². The number of nitriles is 1. The largest absolute Gasteiger partial charge is 0.508 e. The molecule has 0 saturated carbocycles. The predicted molar refractivity (Wildman–Crippen MR) is 128 cm³/mol. The summed E-state index contributed by atoms with van der Waals surface area (Å²) in [6, 6.07) is 21.3. The van der Waals surface area contributed by atoms with Crippen LogP contribution >= 0.6 is 38.5 Å². The molecule has 1 amide bonds. The van der Waals surface area contributed by atoms with Gasteiger partial charge in [-0.05, 0) is 88.8 Å². The molecule has 0 atom stereocenters. The van der Waals surface area contributed by atoms with Crippen molar-refractivity contribution in [2.24, 2.45) is 0 Å². The topological polar surface area (TPSA) is 82.3 Å². The molecule has 0 aliphatic carbocycles. The zero-order valence-electron chi connectivity index (χ0n) is 15.6. The van der Waals surface area contributed by atoms with Gasteiger partial charge in [-0.1, -0.05) is 28.1 Å². The maximum absolute atomic E-state index is 12.5. The van der Waals surface area contributed by atoms with Crippen LogP contribution in [0.4, 0.5) is 5.69 Å². The second kappa shape index (κ2) is 10.3. The third-order valence-corrected chi connectivity index (χ3v) is 5.28. The molecule has 0 aliphatic heterocycles. The number of anilines is 1. The Morgan fingerprint density at radius 2 is 1.83 bits per heavy atom. The molecule has 0 radical (unpaired) electrons. The first-order valence-electron chi connectivity index (χ1n) is 8.83. The van der Waals surface area contributed by atoms with Crippen molar-refractivity contribution in [3.8, 4) is 17.6 Å². The Kier molecular flexibility index (Phi) is 7.49. The lowest BCUT2D eigenvalue weighted by Crippen LogP contribution is -2.13. The van der Waals surface area contributed by atoms with Crippen molar-refractivity contribution >= 4 is 56.2 Å². The lowest BCUT2D eigenvalue weighted by atomic mass is 10.1. The number of amides is 1. The molecule has 2 N–H and O–H groups in total. The predicted octanol–water partition coefficient (Wildman–Crippen LogP) is 5.88. The zero-order chi connectivity index (χ0) is 21.5. The molecule has 0 saturated heterocycles. The molecule has 0 aliphatic rings. The molecule has 0 heterocycles. The van der Waals surface area contributed by atoms with Crippen LogP contribution in [0, 0.1) is 14.9 Å². The quantitative estimate of drug-likeness (QED) is 0.167. The summed E-state index contributed by atoms with van der Waals surface area (Å²) in [6.45, 7) is 0.362. The molecular weight excluding hydrogens is 559 g/mol. The number of hydrogen-bond donors (Lipinski definition) is 2. The van der Waals surface area contributed by atoms with Crippen LogP contribution in [0.1, 0.15) is 11.1 Å². The minimum Gasteiger partial charge on any atom is -0.508 e. The summed E-state index contributed by atoms with van der Waals surface area (Å²) in [5.74, 6) is 0.0989. The highest BCUT2D eigenvalue weighted by Gasteiger charge is 2.12. The molecule has 0 aromatic heterocycles. The Bertz CT molecular complexity index is 1120. The van der Waals surface area contributed by atoms with E-state index in [-0.39, 0.29) is 11.3 Å². The zero-order valence-corrected chi connectivity index (χ0v) is 19.3. The average molecular weight is 575 g/mol.